The molecular formula is C16H18FNOS. The number of fused-ring (bicyclic) bond motifs is 1. The second kappa shape index (κ2) is 5.52. The number of halogens is 1. The van der Waals surface area contributed by atoms with Gasteiger partial charge >= 0.3 is 0 Å². The van der Waals surface area contributed by atoms with Gasteiger partial charge in [-0.05, 0) is 43.9 Å². The first kappa shape index (κ1) is 13.6. The smallest absolute Gasteiger partial charge is 0.211 e. The maximum Gasteiger partial charge on any atom is 0.211 e. The number of nitrogens with zero attached hydrogens (tertiary/aromatic N) is 1. The van der Waals surface area contributed by atoms with Crippen molar-refractivity contribution in [3.63, 3.8) is 0 Å². The summed E-state index contributed by atoms with van der Waals surface area (Å²) in [5.41, 5.74) is 0.721. The van der Waals surface area contributed by atoms with Crippen LogP contribution in [0.4, 0.5) is 10.1 Å². The third-order valence-corrected chi connectivity index (χ3v) is 5.08. The first-order valence-electron chi connectivity index (χ1n) is 7.18. The molecule has 2 aromatic rings. The summed E-state index contributed by atoms with van der Waals surface area (Å²) in [4.78, 5) is 14.9. The van der Waals surface area contributed by atoms with Crippen molar-refractivity contribution in [2.75, 3.05) is 11.4 Å². The van der Waals surface area contributed by atoms with Gasteiger partial charge in [-0.3, -0.25) is 4.79 Å². The zero-order valence-corrected chi connectivity index (χ0v) is 12.4. The molecule has 1 aromatic heterocycles. The lowest BCUT2D eigenvalue weighted by molar-refractivity contribution is 0.449. The van der Waals surface area contributed by atoms with Gasteiger partial charge in [0.05, 0.1) is 5.69 Å². The molecule has 0 amide bonds. The van der Waals surface area contributed by atoms with Crippen LogP contribution in [0.15, 0.2) is 28.4 Å². The SMILES string of the molecule is CC[C@H]1CCCCN1c1csc2ccc(F)cc2c1=O. The lowest BCUT2D eigenvalue weighted by Crippen LogP contribution is -2.41. The summed E-state index contributed by atoms with van der Waals surface area (Å²) >= 11 is 1.52. The Hall–Kier alpha value is -1.42. The fraction of sp³-hybridized carbons (Fsp3) is 0.438. The van der Waals surface area contributed by atoms with Gasteiger partial charge in [0.1, 0.15) is 5.82 Å². The average Bonchev–Trinajstić information content (AvgIpc) is 2.48. The van der Waals surface area contributed by atoms with Crippen LogP contribution in [0.3, 0.4) is 0 Å². The van der Waals surface area contributed by atoms with E-state index in [1.807, 2.05) is 5.38 Å². The zero-order chi connectivity index (χ0) is 14.1. The zero-order valence-electron chi connectivity index (χ0n) is 11.6. The summed E-state index contributed by atoms with van der Waals surface area (Å²) < 4.78 is 14.2. The van der Waals surface area contributed by atoms with Crippen LogP contribution in [-0.2, 0) is 0 Å². The summed E-state index contributed by atoms with van der Waals surface area (Å²) in [6.07, 6.45) is 4.55. The lowest BCUT2D eigenvalue weighted by atomic mass is 9.99. The lowest BCUT2D eigenvalue weighted by Gasteiger charge is -2.36. The summed E-state index contributed by atoms with van der Waals surface area (Å²) in [6, 6.07) is 4.90. The van der Waals surface area contributed by atoms with Crippen molar-refractivity contribution in [1.82, 2.24) is 0 Å². The molecule has 3 rings (SSSR count). The molecule has 4 heteroatoms. The molecule has 0 unspecified atom stereocenters. The van der Waals surface area contributed by atoms with E-state index in [9.17, 15) is 9.18 Å². The standard InChI is InChI=1S/C16H18FNOS/c1-2-12-5-3-4-8-18(12)14-10-20-15-7-6-11(17)9-13(15)16(14)19/h6-7,9-10,12H,2-5,8H2,1H3/t12-/m0/s1. The Morgan fingerprint density at radius 3 is 3.05 bits per heavy atom. The van der Waals surface area contributed by atoms with Gasteiger partial charge in [0.2, 0.25) is 5.43 Å². The quantitative estimate of drug-likeness (QED) is 0.827. The predicted octanol–water partition coefficient (Wildman–Crippen LogP) is 4.17. The van der Waals surface area contributed by atoms with Crippen molar-refractivity contribution in [3.05, 3.63) is 39.6 Å². The van der Waals surface area contributed by atoms with Gasteiger partial charge in [0.25, 0.3) is 0 Å². The molecule has 1 aliphatic heterocycles. The highest BCUT2D eigenvalue weighted by molar-refractivity contribution is 7.16. The third kappa shape index (κ3) is 2.33. The highest BCUT2D eigenvalue weighted by Crippen LogP contribution is 2.28. The number of hydrogen-bond donors (Lipinski definition) is 0. The van der Waals surface area contributed by atoms with Crippen LogP contribution in [-0.4, -0.2) is 12.6 Å². The van der Waals surface area contributed by atoms with Crippen LogP contribution in [0.5, 0.6) is 0 Å². The Morgan fingerprint density at radius 2 is 2.25 bits per heavy atom. The topological polar surface area (TPSA) is 20.3 Å². The van der Waals surface area contributed by atoms with E-state index < -0.39 is 0 Å². The monoisotopic (exact) mass is 291 g/mol. The van der Waals surface area contributed by atoms with E-state index in [0.29, 0.717) is 11.4 Å². The van der Waals surface area contributed by atoms with Gasteiger partial charge in [-0.25, -0.2) is 4.39 Å². The van der Waals surface area contributed by atoms with Crippen molar-refractivity contribution < 1.29 is 4.39 Å². The normalized spacial score (nSPS) is 19.5. The molecule has 1 saturated heterocycles. The molecule has 0 spiro atoms. The molecule has 20 heavy (non-hydrogen) atoms. The molecular weight excluding hydrogens is 273 g/mol. The summed E-state index contributed by atoms with van der Waals surface area (Å²) in [7, 11) is 0. The van der Waals surface area contributed by atoms with Crippen molar-refractivity contribution >= 4 is 27.1 Å². The Labute approximate surface area is 121 Å². The largest absolute Gasteiger partial charge is 0.365 e. The van der Waals surface area contributed by atoms with Gasteiger partial charge in [0, 0.05) is 28.1 Å². The molecule has 0 N–H and O–H groups in total. The highest BCUT2D eigenvalue weighted by atomic mass is 32.1. The van der Waals surface area contributed by atoms with Crippen LogP contribution >= 0.6 is 11.3 Å². The predicted molar refractivity (Wildman–Crippen MR) is 83.3 cm³/mol. The molecule has 0 saturated carbocycles. The fourth-order valence-corrected chi connectivity index (χ4v) is 3.94. The van der Waals surface area contributed by atoms with Crippen LogP contribution in [0.2, 0.25) is 0 Å². The van der Waals surface area contributed by atoms with Crippen LogP contribution in [0.25, 0.3) is 10.1 Å². The van der Waals surface area contributed by atoms with E-state index in [0.717, 1.165) is 36.2 Å². The first-order chi connectivity index (χ1) is 9.70. The minimum Gasteiger partial charge on any atom is -0.365 e. The van der Waals surface area contributed by atoms with Crippen molar-refractivity contribution in [2.45, 2.75) is 38.6 Å². The minimum absolute atomic E-state index is 0.0291. The second-order valence-electron chi connectivity index (χ2n) is 5.34. The Balaban J connectivity index is 2.11. The Bertz CT molecular complexity index is 682. The van der Waals surface area contributed by atoms with Crippen LogP contribution in [0, 0.1) is 5.82 Å². The average molecular weight is 291 g/mol. The number of piperidine rings is 1. The molecule has 2 heterocycles. The first-order valence-corrected chi connectivity index (χ1v) is 8.06. The molecule has 2 nitrogen and oxygen atoms in total. The van der Waals surface area contributed by atoms with Gasteiger partial charge in [-0.1, -0.05) is 6.92 Å². The molecule has 0 aliphatic carbocycles. The van der Waals surface area contributed by atoms with Gasteiger partial charge in [0.15, 0.2) is 0 Å². The molecule has 1 aliphatic rings. The number of hydrogen-bond acceptors (Lipinski definition) is 3. The van der Waals surface area contributed by atoms with Crippen molar-refractivity contribution in [1.29, 1.82) is 0 Å². The molecule has 106 valence electrons. The highest BCUT2D eigenvalue weighted by Gasteiger charge is 2.23. The van der Waals surface area contributed by atoms with Crippen LogP contribution in [0.1, 0.15) is 32.6 Å². The maximum absolute atomic E-state index is 13.4. The van der Waals surface area contributed by atoms with Gasteiger partial charge in [-0.2, -0.15) is 0 Å². The Kier molecular flexibility index (Phi) is 3.74. The summed E-state index contributed by atoms with van der Waals surface area (Å²) in [6.45, 7) is 3.10. The van der Waals surface area contributed by atoms with Crippen LogP contribution < -0.4 is 10.3 Å². The van der Waals surface area contributed by atoms with E-state index in [-0.39, 0.29) is 11.2 Å². The molecule has 1 aromatic carbocycles. The van der Waals surface area contributed by atoms with Crippen molar-refractivity contribution in [3.8, 4) is 0 Å². The van der Waals surface area contributed by atoms with Gasteiger partial charge < -0.3 is 4.90 Å². The minimum atomic E-state index is -0.343. The molecule has 0 radical (unpaired) electrons. The summed E-state index contributed by atoms with van der Waals surface area (Å²) in [5.74, 6) is -0.343. The maximum atomic E-state index is 13.4. The van der Waals surface area contributed by atoms with E-state index in [1.165, 1.54) is 29.9 Å². The number of rotatable bonds is 2. The Morgan fingerprint density at radius 1 is 1.40 bits per heavy atom. The van der Waals surface area contributed by atoms with E-state index >= 15 is 0 Å². The molecule has 0 bridgehead atoms. The van der Waals surface area contributed by atoms with Gasteiger partial charge in [-0.15, -0.1) is 11.3 Å². The summed E-state index contributed by atoms with van der Waals surface area (Å²) in [5, 5.41) is 2.45. The van der Waals surface area contributed by atoms with E-state index in [2.05, 4.69) is 11.8 Å². The van der Waals surface area contributed by atoms with E-state index in [4.69, 9.17) is 0 Å². The van der Waals surface area contributed by atoms with Crippen molar-refractivity contribution in [2.24, 2.45) is 0 Å². The number of anilines is 1. The fourth-order valence-electron chi connectivity index (χ4n) is 3.03. The van der Waals surface area contributed by atoms with E-state index in [1.54, 1.807) is 6.07 Å². The third-order valence-electron chi connectivity index (χ3n) is 4.12. The number of benzene rings is 1. The molecule has 1 atom stereocenters. The molecule has 1 fully saturated rings. The second-order valence-corrected chi connectivity index (χ2v) is 6.25.